The molecule has 2 aromatic rings. The Balaban J connectivity index is 1.86. The minimum Gasteiger partial charge on any atom is -0.459 e. The summed E-state index contributed by atoms with van der Waals surface area (Å²) in [7, 11) is 1.48. The number of aliphatic imine (C=N–C) groups is 1. The number of amides is 1. The van der Waals surface area contributed by atoms with Crippen molar-refractivity contribution in [2.45, 2.75) is 19.1 Å². The van der Waals surface area contributed by atoms with Crippen LogP contribution in [0.15, 0.2) is 52.1 Å². The Morgan fingerprint density at radius 2 is 2.00 bits per heavy atom. The number of anilines is 1. The lowest BCUT2D eigenvalue weighted by atomic mass is 10.2. The molecule has 1 heterocycles. The molecule has 0 saturated carbocycles. The number of nitrogens with one attached hydrogen (secondary N) is 3. The summed E-state index contributed by atoms with van der Waals surface area (Å²) < 4.78 is 41.5. The maximum atomic E-state index is 12.2. The molecule has 0 atom stereocenters. The van der Waals surface area contributed by atoms with Crippen molar-refractivity contribution >= 4 is 17.6 Å². The van der Waals surface area contributed by atoms with Gasteiger partial charge in [-0.15, -0.1) is 0 Å². The molecule has 6 nitrogen and oxygen atoms in total. The van der Waals surface area contributed by atoms with E-state index in [2.05, 4.69) is 20.9 Å². The van der Waals surface area contributed by atoms with Gasteiger partial charge in [0.1, 0.15) is 0 Å². The van der Waals surface area contributed by atoms with Gasteiger partial charge in [-0.2, -0.15) is 13.2 Å². The Morgan fingerprint density at radius 3 is 2.65 bits per heavy atom. The van der Waals surface area contributed by atoms with Gasteiger partial charge in [0.25, 0.3) is 5.91 Å². The van der Waals surface area contributed by atoms with Crippen molar-refractivity contribution in [2.75, 3.05) is 18.9 Å². The van der Waals surface area contributed by atoms with Crippen molar-refractivity contribution in [3.8, 4) is 0 Å². The molecule has 9 heteroatoms. The standard InChI is InChI=1S/C17H19F3N4O2/c1-21-16(22-8-7-17(18,19)20)23-11-12-4-2-5-13(10-12)24-15(25)14-6-3-9-26-14/h2-6,9-10H,7-8,11H2,1H3,(H,24,25)(H2,21,22,23). The van der Waals surface area contributed by atoms with Gasteiger partial charge in [-0.1, -0.05) is 12.1 Å². The van der Waals surface area contributed by atoms with E-state index < -0.39 is 12.6 Å². The van der Waals surface area contributed by atoms with Crippen molar-refractivity contribution in [3.63, 3.8) is 0 Å². The fourth-order valence-corrected chi connectivity index (χ4v) is 2.09. The summed E-state index contributed by atoms with van der Waals surface area (Å²) in [6.45, 7) is 0.0680. The van der Waals surface area contributed by atoms with Crippen LogP contribution >= 0.6 is 0 Å². The van der Waals surface area contributed by atoms with Crippen molar-refractivity contribution in [1.82, 2.24) is 10.6 Å². The minimum atomic E-state index is -4.22. The summed E-state index contributed by atoms with van der Waals surface area (Å²) in [5.41, 5.74) is 1.40. The van der Waals surface area contributed by atoms with Crippen LogP contribution in [0.1, 0.15) is 22.5 Å². The number of guanidine groups is 1. The Kier molecular flexibility index (Phi) is 6.65. The highest BCUT2D eigenvalue weighted by molar-refractivity contribution is 6.02. The fourth-order valence-electron chi connectivity index (χ4n) is 2.09. The van der Waals surface area contributed by atoms with E-state index in [4.69, 9.17) is 4.42 Å². The molecule has 0 radical (unpaired) electrons. The molecular formula is C17H19F3N4O2. The molecule has 3 N–H and O–H groups in total. The van der Waals surface area contributed by atoms with Crippen LogP contribution in [0.2, 0.25) is 0 Å². The summed E-state index contributed by atoms with van der Waals surface area (Å²) in [6, 6.07) is 10.2. The third-order valence-electron chi connectivity index (χ3n) is 3.31. The molecule has 0 saturated heterocycles. The van der Waals surface area contributed by atoms with Crippen molar-refractivity contribution in [1.29, 1.82) is 0 Å². The number of halogens is 3. The average Bonchev–Trinajstić information content (AvgIpc) is 3.12. The lowest BCUT2D eigenvalue weighted by Gasteiger charge is -2.13. The molecule has 1 amide bonds. The molecular weight excluding hydrogens is 349 g/mol. The quantitative estimate of drug-likeness (QED) is 0.541. The van der Waals surface area contributed by atoms with Crippen LogP contribution in [0.25, 0.3) is 0 Å². The van der Waals surface area contributed by atoms with Gasteiger partial charge in [0.05, 0.1) is 12.7 Å². The van der Waals surface area contributed by atoms with E-state index in [0.29, 0.717) is 12.2 Å². The molecule has 0 unspecified atom stereocenters. The van der Waals surface area contributed by atoms with Crippen molar-refractivity contribution in [3.05, 3.63) is 54.0 Å². The second-order valence-corrected chi connectivity index (χ2v) is 5.35. The number of nitrogens with zero attached hydrogens (tertiary/aromatic N) is 1. The van der Waals surface area contributed by atoms with Crippen molar-refractivity contribution in [2.24, 2.45) is 4.99 Å². The van der Waals surface area contributed by atoms with Crippen LogP contribution in [0.5, 0.6) is 0 Å². The van der Waals surface area contributed by atoms with Crippen LogP contribution in [0, 0.1) is 0 Å². The first kappa shape index (κ1) is 19.4. The predicted molar refractivity (Wildman–Crippen MR) is 92.0 cm³/mol. The molecule has 1 aromatic carbocycles. The summed E-state index contributed by atoms with van der Waals surface area (Å²) in [6.07, 6.45) is -3.75. The Labute approximate surface area is 148 Å². The number of carbonyl (C=O) groups excluding carboxylic acids is 1. The molecule has 0 spiro atoms. The second kappa shape index (κ2) is 8.93. The van der Waals surface area contributed by atoms with E-state index in [0.717, 1.165) is 5.56 Å². The van der Waals surface area contributed by atoms with Crippen LogP contribution < -0.4 is 16.0 Å². The number of alkyl halides is 3. The molecule has 1 aromatic heterocycles. The number of carbonyl (C=O) groups is 1. The molecule has 0 aliphatic heterocycles. The molecule has 140 valence electrons. The van der Waals surface area contributed by atoms with Gasteiger partial charge in [0.2, 0.25) is 0 Å². The number of furan rings is 1. The number of hydrogen-bond donors (Lipinski definition) is 3. The van der Waals surface area contributed by atoms with Gasteiger partial charge in [0.15, 0.2) is 11.7 Å². The van der Waals surface area contributed by atoms with E-state index in [9.17, 15) is 18.0 Å². The summed E-state index contributed by atoms with van der Waals surface area (Å²) in [5, 5.41) is 8.22. The van der Waals surface area contributed by atoms with E-state index in [1.165, 1.54) is 13.3 Å². The lowest BCUT2D eigenvalue weighted by Crippen LogP contribution is -2.38. The van der Waals surface area contributed by atoms with E-state index in [-0.39, 0.29) is 24.2 Å². The van der Waals surface area contributed by atoms with Gasteiger partial charge in [-0.3, -0.25) is 9.79 Å². The van der Waals surface area contributed by atoms with E-state index >= 15 is 0 Å². The molecule has 0 fully saturated rings. The number of hydrogen-bond acceptors (Lipinski definition) is 3. The zero-order valence-corrected chi connectivity index (χ0v) is 14.1. The first-order valence-electron chi connectivity index (χ1n) is 7.82. The van der Waals surface area contributed by atoms with Gasteiger partial charge in [0, 0.05) is 25.8 Å². The van der Waals surface area contributed by atoms with Gasteiger partial charge in [-0.25, -0.2) is 0 Å². The first-order chi connectivity index (χ1) is 12.4. The van der Waals surface area contributed by atoms with Gasteiger partial charge >= 0.3 is 6.18 Å². The zero-order chi connectivity index (χ0) is 19.0. The largest absolute Gasteiger partial charge is 0.459 e. The highest BCUT2D eigenvalue weighted by Crippen LogP contribution is 2.18. The highest BCUT2D eigenvalue weighted by atomic mass is 19.4. The van der Waals surface area contributed by atoms with Crippen molar-refractivity contribution < 1.29 is 22.4 Å². The maximum absolute atomic E-state index is 12.2. The summed E-state index contributed by atoms with van der Waals surface area (Å²) in [5.74, 6) is 0.0896. The van der Waals surface area contributed by atoms with Crippen LogP contribution in [0.3, 0.4) is 0 Å². The smallest absolute Gasteiger partial charge is 0.390 e. The first-order valence-corrected chi connectivity index (χ1v) is 7.82. The normalized spacial score (nSPS) is 11.9. The second-order valence-electron chi connectivity index (χ2n) is 5.35. The van der Waals surface area contributed by atoms with Gasteiger partial charge in [-0.05, 0) is 29.8 Å². The van der Waals surface area contributed by atoms with E-state index in [1.807, 2.05) is 6.07 Å². The maximum Gasteiger partial charge on any atom is 0.390 e. The van der Waals surface area contributed by atoms with Crippen LogP contribution in [-0.4, -0.2) is 31.6 Å². The Morgan fingerprint density at radius 1 is 1.19 bits per heavy atom. The molecule has 0 aliphatic carbocycles. The molecule has 2 rings (SSSR count). The summed E-state index contributed by atoms with van der Waals surface area (Å²) in [4.78, 5) is 15.8. The topological polar surface area (TPSA) is 78.7 Å². The monoisotopic (exact) mass is 368 g/mol. The Bertz CT molecular complexity index is 743. The third-order valence-corrected chi connectivity index (χ3v) is 3.31. The predicted octanol–water partition coefficient (Wildman–Crippen LogP) is 3.15. The third kappa shape index (κ3) is 6.50. The molecule has 26 heavy (non-hydrogen) atoms. The van der Waals surface area contributed by atoms with Gasteiger partial charge < -0.3 is 20.4 Å². The SMILES string of the molecule is CN=C(NCCC(F)(F)F)NCc1cccc(NC(=O)c2ccco2)c1. The number of benzene rings is 1. The minimum absolute atomic E-state index is 0.197. The zero-order valence-electron chi connectivity index (χ0n) is 14.1. The highest BCUT2D eigenvalue weighted by Gasteiger charge is 2.26. The Hall–Kier alpha value is -2.97. The lowest BCUT2D eigenvalue weighted by molar-refractivity contribution is -0.132. The molecule has 0 bridgehead atoms. The van der Waals surface area contributed by atoms with Crippen LogP contribution in [0.4, 0.5) is 18.9 Å². The molecule has 0 aliphatic rings. The summed E-state index contributed by atoms with van der Waals surface area (Å²) >= 11 is 0. The number of rotatable bonds is 6. The fraction of sp³-hybridized carbons (Fsp3) is 0.294. The van der Waals surface area contributed by atoms with Crippen LogP contribution in [-0.2, 0) is 6.54 Å². The van der Waals surface area contributed by atoms with E-state index in [1.54, 1.807) is 30.3 Å². The average molecular weight is 368 g/mol.